The van der Waals surface area contributed by atoms with E-state index in [0.717, 1.165) is 16.0 Å². The van der Waals surface area contributed by atoms with Crippen molar-refractivity contribution in [3.63, 3.8) is 0 Å². The van der Waals surface area contributed by atoms with Crippen LogP contribution in [0.3, 0.4) is 0 Å². The van der Waals surface area contributed by atoms with E-state index in [-0.39, 0.29) is 22.7 Å². The fourth-order valence-corrected chi connectivity index (χ4v) is 3.91. The standard InChI is InChI=1S/C28H26ClN3O4/c1-16(2)36-23-8-6-5-7-21(23)31-26(33)19-12-11-18(4)22(15-19)30-25-24(29)27(34)32(28(25)35)20-13-9-17(3)10-14-20/h5-16,30H,1-4H3,(H,31,33). The molecule has 184 valence electrons. The van der Waals surface area contributed by atoms with Crippen LogP contribution in [0.2, 0.25) is 0 Å². The Morgan fingerprint density at radius 2 is 1.61 bits per heavy atom. The van der Waals surface area contributed by atoms with Crippen molar-refractivity contribution in [2.45, 2.75) is 33.8 Å². The van der Waals surface area contributed by atoms with E-state index in [1.54, 1.807) is 42.5 Å². The Balaban J connectivity index is 1.57. The largest absolute Gasteiger partial charge is 0.489 e. The van der Waals surface area contributed by atoms with Crippen LogP contribution in [0, 0.1) is 13.8 Å². The second-order valence-electron chi connectivity index (χ2n) is 8.74. The minimum absolute atomic E-state index is 0.0430. The molecule has 0 atom stereocenters. The summed E-state index contributed by atoms with van der Waals surface area (Å²) in [6.45, 7) is 7.55. The number of nitrogens with zero attached hydrogens (tertiary/aromatic N) is 1. The van der Waals surface area contributed by atoms with Gasteiger partial charge in [0.2, 0.25) is 0 Å². The van der Waals surface area contributed by atoms with Gasteiger partial charge in [-0.1, -0.05) is 47.5 Å². The zero-order valence-electron chi connectivity index (χ0n) is 20.4. The Hall–Kier alpha value is -4.10. The van der Waals surface area contributed by atoms with Crippen molar-refractivity contribution in [1.82, 2.24) is 0 Å². The summed E-state index contributed by atoms with van der Waals surface area (Å²) in [4.78, 5) is 40.0. The maximum atomic E-state index is 13.1. The molecule has 1 aliphatic rings. The number of amides is 3. The highest BCUT2D eigenvalue weighted by atomic mass is 35.5. The number of nitrogens with one attached hydrogen (secondary N) is 2. The summed E-state index contributed by atoms with van der Waals surface area (Å²) in [5.74, 6) is -0.966. The number of benzene rings is 3. The summed E-state index contributed by atoms with van der Waals surface area (Å²) in [7, 11) is 0. The monoisotopic (exact) mass is 503 g/mol. The van der Waals surface area contributed by atoms with E-state index in [9.17, 15) is 14.4 Å². The quantitative estimate of drug-likeness (QED) is 0.399. The highest BCUT2D eigenvalue weighted by molar-refractivity contribution is 6.53. The number of para-hydroxylation sites is 2. The molecule has 0 spiro atoms. The number of carbonyl (C=O) groups is 3. The third-order valence-corrected chi connectivity index (χ3v) is 5.93. The molecule has 3 amide bonds. The lowest BCUT2D eigenvalue weighted by atomic mass is 10.1. The Morgan fingerprint density at radius 3 is 2.31 bits per heavy atom. The minimum atomic E-state index is -0.610. The Labute approximate surface area is 214 Å². The average molecular weight is 504 g/mol. The van der Waals surface area contributed by atoms with Gasteiger partial charge >= 0.3 is 0 Å². The maximum absolute atomic E-state index is 13.1. The van der Waals surface area contributed by atoms with Crippen LogP contribution in [0.5, 0.6) is 5.75 Å². The molecule has 36 heavy (non-hydrogen) atoms. The summed E-state index contributed by atoms with van der Waals surface area (Å²) in [5, 5.41) is 5.64. The molecule has 0 fully saturated rings. The van der Waals surface area contributed by atoms with Gasteiger partial charge in [-0.05, 0) is 69.7 Å². The third kappa shape index (κ3) is 5.11. The van der Waals surface area contributed by atoms with Crippen molar-refractivity contribution < 1.29 is 19.1 Å². The van der Waals surface area contributed by atoms with Gasteiger partial charge in [0, 0.05) is 11.3 Å². The molecule has 0 aromatic heterocycles. The molecule has 3 aromatic rings. The number of aryl methyl sites for hydroxylation is 2. The second kappa shape index (κ2) is 10.3. The van der Waals surface area contributed by atoms with Gasteiger partial charge in [-0.3, -0.25) is 14.4 Å². The topological polar surface area (TPSA) is 87.7 Å². The molecule has 1 heterocycles. The van der Waals surface area contributed by atoms with Gasteiger partial charge in [0.05, 0.1) is 17.5 Å². The molecule has 0 unspecified atom stereocenters. The van der Waals surface area contributed by atoms with Gasteiger partial charge in [0.25, 0.3) is 17.7 Å². The SMILES string of the molecule is Cc1ccc(N2C(=O)C(Cl)=C(Nc3cc(C(=O)Nc4ccccc4OC(C)C)ccc3C)C2=O)cc1. The lowest BCUT2D eigenvalue weighted by Crippen LogP contribution is -2.32. The predicted octanol–water partition coefficient (Wildman–Crippen LogP) is 5.78. The van der Waals surface area contributed by atoms with Crippen LogP contribution in [0.4, 0.5) is 17.1 Å². The van der Waals surface area contributed by atoms with Gasteiger partial charge < -0.3 is 15.4 Å². The number of rotatable bonds is 7. The zero-order valence-corrected chi connectivity index (χ0v) is 21.1. The van der Waals surface area contributed by atoms with E-state index in [4.69, 9.17) is 16.3 Å². The summed E-state index contributed by atoms with van der Waals surface area (Å²) in [6, 6.07) is 19.2. The maximum Gasteiger partial charge on any atom is 0.283 e. The summed E-state index contributed by atoms with van der Waals surface area (Å²) < 4.78 is 5.78. The van der Waals surface area contributed by atoms with Crippen molar-refractivity contribution in [2.75, 3.05) is 15.5 Å². The van der Waals surface area contributed by atoms with Crippen LogP contribution in [0.15, 0.2) is 77.5 Å². The third-order valence-electron chi connectivity index (χ3n) is 5.58. The highest BCUT2D eigenvalue weighted by Gasteiger charge is 2.39. The molecular formula is C28H26ClN3O4. The van der Waals surface area contributed by atoms with Crippen LogP contribution in [-0.4, -0.2) is 23.8 Å². The minimum Gasteiger partial charge on any atom is -0.489 e. The number of carbonyl (C=O) groups excluding carboxylic acids is 3. The summed E-state index contributed by atoms with van der Waals surface area (Å²) >= 11 is 6.28. The van der Waals surface area contributed by atoms with Crippen molar-refractivity contribution in [3.05, 3.63) is 94.1 Å². The molecule has 1 aliphatic heterocycles. The molecule has 4 rings (SSSR count). The number of anilines is 3. The first-order chi connectivity index (χ1) is 17.2. The van der Waals surface area contributed by atoms with E-state index in [0.29, 0.717) is 28.4 Å². The summed E-state index contributed by atoms with van der Waals surface area (Å²) in [5.41, 5.74) is 3.53. The Kier molecular flexibility index (Phi) is 7.12. The van der Waals surface area contributed by atoms with Crippen LogP contribution >= 0.6 is 11.6 Å². The zero-order chi connectivity index (χ0) is 26.0. The van der Waals surface area contributed by atoms with Gasteiger partial charge in [-0.15, -0.1) is 0 Å². The lowest BCUT2D eigenvalue weighted by molar-refractivity contribution is -0.120. The van der Waals surface area contributed by atoms with Gasteiger partial charge in [-0.25, -0.2) is 4.90 Å². The van der Waals surface area contributed by atoms with Crippen molar-refractivity contribution in [1.29, 1.82) is 0 Å². The van der Waals surface area contributed by atoms with E-state index in [1.807, 2.05) is 52.0 Å². The molecule has 2 N–H and O–H groups in total. The smallest absolute Gasteiger partial charge is 0.283 e. The number of imide groups is 1. The lowest BCUT2D eigenvalue weighted by Gasteiger charge is -2.17. The van der Waals surface area contributed by atoms with Crippen LogP contribution in [-0.2, 0) is 9.59 Å². The normalized spacial score (nSPS) is 13.4. The Bertz CT molecular complexity index is 1380. The molecule has 3 aromatic carbocycles. The molecular weight excluding hydrogens is 478 g/mol. The molecule has 0 saturated carbocycles. The average Bonchev–Trinajstić information content (AvgIpc) is 3.05. The molecule has 0 saturated heterocycles. The highest BCUT2D eigenvalue weighted by Crippen LogP contribution is 2.32. The fourth-order valence-electron chi connectivity index (χ4n) is 3.69. The molecule has 7 nitrogen and oxygen atoms in total. The molecule has 0 radical (unpaired) electrons. The van der Waals surface area contributed by atoms with Crippen molar-refractivity contribution >= 4 is 46.4 Å². The van der Waals surface area contributed by atoms with Crippen molar-refractivity contribution in [2.24, 2.45) is 0 Å². The van der Waals surface area contributed by atoms with Gasteiger partial charge in [-0.2, -0.15) is 0 Å². The van der Waals surface area contributed by atoms with E-state index in [1.165, 1.54) is 0 Å². The van der Waals surface area contributed by atoms with Crippen LogP contribution in [0.1, 0.15) is 35.3 Å². The van der Waals surface area contributed by atoms with Crippen LogP contribution in [0.25, 0.3) is 0 Å². The second-order valence-corrected chi connectivity index (χ2v) is 9.12. The predicted molar refractivity (Wildman–Crippen MR) is 142 cm³/mol. The van der Waals surface area contributed by atoms with Gasteiger partial charge in [0.15, 0.2) is 0 Å². The van der Waals surface area contributed by atoms with Crippen LogP contribution < -0.4 is 20.3 Å². The van der Waals surface area contributed by atoms with E-state index in [2.05, 4.69) is 10.6 Å². The van der Waals surface area contributed by atoms with Crippen molar-refractivity contribution in [3.8, 4) is 5.75 Å². The van der Waals surface area contributed by atoms with Gasteiger partial charge in [0.1, 0.15) is 16.5 Å². The number of hydrogen-bond donors (Lipinski definition) is 2. The summed E-state index contributed by atoms with van der Waals surface area (Å²) in [6.07, 6.45) is -0.0533. The number of halogens is 1. The number of ether oxygens (including phenoxy) is 1. The first-order valence-corrected chi connectivity index (χ1v) is 11.8. The number of hydrogen-bond acceptors (Lipinski definition) is 5. The van der Waals surface area contributed by atoms with E-state index >= 15 is 0 Å². The Morgan fingerprint density at radius 1 is 0.917 bits per heavy atom. The molecule has 0 aliphatic carbocycles. The first-order valence-electron chi connectivity index (χ1n) is 11.5. The molecule has 8 heteroatoms. The first kappa shape index (κ1) is 25.0. The fraction of sp³-hybridized carbons (Fsp3) is 0.179. The molecule has 0 bridgehead atoms. The van der Waals surface area contributed by atoms with E-state index < -0.39 is 11.8 Å².